The van der Waals surface area contributed by atoms with E-state index >= 15 is 0 Å². The van der Waals surface area contributed by atoms with E-state index in [4.69, 9.17) is 0 Å². The number of carbonyl (C=O) groups is 1. The highest BCUT2D eigenvalue weighted by molar-refractivity contribution is 5.95. The van der Waals surface area contributed by atoms with Crippen molar-refractivity contribution < 1.29 is 4.79 Å². The first-order valence-electron chi connectivity index (χ1n) is 8.66. The summed E-state index contributed by atoms with van der Waals surface area (Å²) in [5, 5.41) is 0. The normalized spacial score (nSPS) is 11.5. The summed E-state index contributed by atoms with van der Waals surface area (Å²) < 4.78 is 3.85. The number of hydrogen-bond donors (Lipinski definition) is 0. The maximum absolute atomic E-state index is 12.6. The van der Waals surface area contributed by atoms with Crippen LogP contribution in [-0.4, -0.2) is 20.0 Å². The van der Waals surface area contributed by atoms with E-state index < -0.39 is 0 Å². The molecular formula is C22H18N4O. The minimum absolute atomic E-state index is 0.264. The number of carbonyl (C=O) groups excluding carboxylic acids is 1. The lowest BCUT2D eigenvalue weighted by Crippen LogP contribution is -2.22. The van der Waals surface area contributed by atoms with Crippen LogP contribution in [0.4, 0.5) is 0 Å². The van der Waals surface area contributed by atoms with Crippen LogP contribution in [0, 0.1) is 0 Å². The van der Waals surface area contributed by atoms with Gasteiger partial charge in [-0.05, 0) is 42.0 Å². The molecule has 0 spiro atoms. The summed E-state index contributed by atoms with van der Waals surface area (Å²) in [5.74, 6) is -0.264. The average molecular weight is 354 g/mol. The van der Waals surface area contributed by atoms with Gasteiger partial charge in [0, 0.05) is 36.4 Å². The first kappa shape index (κ1) is 16.7. The Hall–Kier alpha value is -3.73. The standard InChI is InChI=1S/C22H18N4O/c27-22(19-9-11-20(12-10-19)26-15-13-23-17-26)24-21-8-4-5-14-25(21)16-18-6-2-1-3-7-18/h1-15,17H,16H2. The molecule has 5 nitrogen and oxygen atoms in total. The predicted molar refractivity (Wildman–Crippen MR) is 103 cm³/mol. The van der Waals surface area contributed by atoms with E-state index in [-0.39, 0.29) is 5.91 Å². The largest absolute Gasteiger partial charge is 0.328 e. The molecular weight excluding hydrogens is 336 g/mol. The first-order valence-corrected chi connectivity index (χ1v) is 8.66. The van der Waals surface area contributed by atoms with Gasteiger partial charge in [0.2, 0.25) is 0 Å². The van der Waals surface area contributed by atoms with Crippen LogP contribution in [0.25, 0.3) is 5.69 Å². The predicted octanol–water partition coefficient (Wildman–Crippen LogP) is 3.46. The summed E-state index contributed by atoms with van der Waals surface area (Å²) in [6.45, 7) is 0.660. The zero-order chi connectivity index (χ0) is 18.5. The Balaban J connectivity index is 1.61. The molecule has 0 saturated heterocycles. The Bertz CT molecular complexity index is 1100. The van der Waals surface area contributed by atoms with Crippen molar-refractivity contribution in [1.29, 1.82) is 0 Å². The summed E-state index contributed by atoms with van der Waals surface area (Å²) in [7, 11) is 0. The van der Waals surface area contributed by atoms with Crippen molar-refractivity contribution in [1.82, 2.24) is 14.1 Å². The number of aromatic nitrogens is 3. The number of pyridine rings is 1. The fourth-order valence-electron chi connectivity index (χ4n) is 2.84. The topological polar surface area (TPSA) is 52.2 Å². The van der Waals surface area contributed by atoms with Crippen molar-refractivity contribution in [3.05, 3.63) is 114 Å². The van der Waals surface area contributed by atoms with Crippen LogP contribution in [0.1, 0.15) is 15.9 Å². The summed E-state index contributed by atoms with van der Waals surface area (Å²) in [4.78, 5) is 21.0. The van der Waals surface area contributed by atoms with Gasteiger partial charge in [-0.3, -0.25) is 4.79 Å². The van der Waals surface area contributed by atoms with Gasteiger partial charge in [0.05, 0.1) is 6.33 Å². The van der Waals surface area contributed by atoms with E-state index in [9.17, 15) is 4.79 Å². The van der Waals surface area contributed by atoms with Gasteiger partial charge in [0.1, 0.15) is 5.49 Å². The Labute approximate surface area is 156 Å². The lowest BCUT2D eigenvalue weighted by molar-refractivity contribution is 0.0997. The molecule has 2 aromatic heterocycles. The zero-order valence-electron chi connectivity index (χ0n) is 14.6. The fraction of sp³-hybridized carbons (Fsp3) is 0.0455. The highest BCUT2D eigenvalue weighted by Gasteiger charge is 2.05. The molecule has 2 aromatic carbocycles. The van der Waals surface area contributed by atoms with Crippen molar-refractivity contribution >= 4 is 5.91 Å². The maximum Gasteiger partial charge on any atom is 0.278 e. The third-order valence-electron chi connectivity index (χ3n) is 4.25. The van der Waals surface area contributed by atoms with Crippen LogP contribution >= 0.6 is 0 Å². The monoisotopic (exact) mass is 354 g/mol. The molecule has 0 bridgehead atoms. The van der Waals surface area contributed by atoms with Crippen LogP contribution in [0.3, 0.4) is 0 Å². The second kappa shape index (κ2) is 7.66. The highest BCUT2D eigenvalue weighted by Crippen LogP contribution is 2.10. The number of benzene rings is 2. The van der Waals surface area contributed by atoms with Gasteiger partial charge in [-0.15, -0.1) is 0 Å². The lowest BCUT2D eigenvalue weighted by Gasteiger charge is -2.07. The Morgan fingerprint density at radius 1 is 0.889 bits per heavy atom. The number of nitrogens with zero attached hydrogens (tertiary/aromatic N) is 4. The molecule has 0 aliphatic rings. The van der Waals surface area contributed by atoms with Gasteiger partial charge < -0.3 is 9.13 Å². The molecule has 132 valence electrons. The van der Waals surface area contributed by atoms with Crippen molar-refractivity contribution in [2.75, 3.05) is 0 Å². The second-order valence-corrected chi connectivity index (χ2v) is 6.11. The molecule has 27 heavy (non-hydrogen) atoms. The van der Waals surface area contributed by atoms with Gasteiger partial charge in [-0.2, -0.15) is 4.99 Å². The van der Waals surface area contributed by atoms with Crippen molar-refractivity contribution in [3.8, 4) is 5.69 Å². The van der Waals surface area contributed by atoms with Crippen LogP contribution in [0.2, 0.25) is 0 Å². The van der Waals surface area contributed by atoms with E-state index in [0.717, 1.165) is 11.3 Å². The second-order valence-electron chi connectivity index (χ2n) is 6.11. The summed E-state index contributed by atoms with van der Waals surface area (Å²) >= 11 is 0. The highest BCUT2D eigenvalue weighted by atomic mass is 16.1. The minimum Gasteiger partial charge on any atom is -0.328 e. The van der Waals surface area contributed by atoms with Crippen LogP contribution in [0.15, 0.2) is 103 Å². The maximum atomic E-state index is 12.6. The number of hydrogen-bond acceptors (Lipinski definition) is 2. The molecule has 4 rings (SSSR count). The zero-order valence-corrected chi connectivity index (χ0v) is 14.6. The third-order valence-corrected chi connectivity index (χ3v) is 4.25. The molecule has 0 radical (unpaired) electrons. The summed E-state index contributed by atoms with van der Waals surface area (Å²) in [6.07, 6.45) is 7.23. The first-order chi connectivity index (χ1) is 13.3. The van der Waals surface area contributed by atoms with E-state index in [1.54, 1.807) is 24.7 Å². The van der Waals surface area contributed by atoms with Crippen LogP contribution in [-0.2, 0) is 6.54 Å². The van der Waals surface area contributed by atoms with Gasteiger partial charge in [-0.25, -0.2) is 4.98 Å². The summed E-state index contributed by atoms with van der Waals surface area (Å²) in [6, 6.07) is 23.1. The van der Waals surface area contributed by atoms with Gasteiger partial charge >= 0.3 is 0 Å². The molecule has 2 heterocycles. The minimum atomic E-state index is -0.264. The van der Waals surface area contributed by atoms with Crippen molar-refractivity contribution in [2.24, 2.45) is 4.99 Å². The SMILES string of the molecule is O=C(N=c1ccccn1Cc1ccccc1)c1ccc(-n2ccnc2)cc1. The number of amides is 1. The average Bonchev–Trinajstić information content (AvgIpc) is 3.25. The van der Waals surface area contributed by atoms with Gasteiger partial charge in [-0.1, -0.05) is 36.4 Å². The molecule has 0 N–H and O–H groups in total. The molecule has 4 aromatic rings. The van der Waals surface area contributed by atoms with Crippen molar-refractivity contribution in [3.63, 3.8) is 0 Å². The molecule has 0 unspecified atom stereocenters. The van der Waals surface area contributed by atoms with Gasteiger partial charge in [0.15, 0.2) is 0 Å². The summed E-state index contributed by atoms with van der Waals surface area (Å²) in [5.41, 5.74) is 3.28. The van der Waals surface area contributed by atoms with Gasteiger partial charge in [0.25, 0.3) is 5.91 Å². The lowest BCUT2D eigenvalue weighted by atomic mass is 10.2. The molecule has 1 amide bonds. The molecule has 0 atom stereocenters. The Morgan fingerprint density at radius 3 is 2.41 bits per heavy atom. The van der Waals surface area contributed by atoms with E-state index in [1.165, 1.54) is 0 Å². The molecule has 0 saturated carbocycles. The van der Waals surface area contributed by atoms with E-state index in [1.807, 2.05) is 70.1 Å². The number of rotatable bonds is 4. The molecule has 0 fully saturated rings. The van der Waals surface area contributed by atoms with Crippen molar-refractivity contribution in [2.45, 2.75) is 6.54 Å². The molecule has 0 aliphatic carbocycles. The molecule has 0 aliphatic heterocycles. The van der Waals surface area contributed by atoms with Crippen LogP contribution in [0.5, 0.6) is 0 Å². The Morgan fingerprint density at radius 2 is 1.67 bits per heavy atom. The third kappa shape index (κ3) is 3.93. The van der Waals surface area contributed by atoms with E-state index in [0.29, 0.717) is 17.6 Å². The quantitative estimate of drug-likeness (QED) is 0.563. The molecule has 5 heteroatoms. The fourth-order valence-corrected chi connectivity index (χ4v) is 2.84. The van der Waals surface area contributed by atoms with E-state index in [2.05, 4.69) is 22.1 Å². The van der Waals surface area contributed by atoms with Crippen LogP contribution < -0.4 is 5.49 Å². The Kier molecular flexibility index (Phi) is 4.74. The smallest absolute Gasteiger partial charge is 0.278 e. The number of imidazole rings is 1.